The molecule has 5 heteroatoms. The second kappa shape index (κ2) is 6.12. The summed E-state index contributed by atoms with van der Waals surface area (Å²) >= 11 is 0. The molecule has 2 aromatic carbocycles. The quantitative estimate of drug-likeness (QED) is 0.915. The Hall–Kier alpha value is -2.82. The molecular weight excluding hydrogens is 292 g/mol. The van der Waals surface area contributed by atoms with Gasteiger partial charge < -0.3 is 15.3 Å². The molecule has 0 aromatic heterocycles. The maximum absolute atomic E-state index is 12.2. The summed E-state index contributed by atoms with van der Waals surface area (Å²) in [6.07, 6.45) is 1.47. The summed E-state index contributed by atoms with van der Waals surface area (Å²) in [6, 6.07) is 12.1. The molecule has 118 valence electrons. The van der Waals surface area contributed by atoms with E-state index in [9.17, 15) is 14.7 Å². The van der Waals surface area contributed by atoms with Gasteiger partial charge in [-0.25, -0.2) is 0 Å². The maximum atomic E-state index is 12.2. The van der Waals surface area contributed by atoms with Gasteiger partial charge in [-0.15, -0.1) is 0 Å². The van der Waals surface area contributed by atoms with Gasteiger partial charge in [0.15, 0.2) is 0 Å². The van der Waals surface area contributed by atoms with Crippen LogP contribution in [-0.4, -0.2) is 23.5 Å². The lowest BCUT2D eigenvalue weighted by Crippen LogP contribution is -2.23. The maximum Gasteiger partial charge on any atom is 0.259 e. The van der Waals surface area contributed by atoms with E-state index in [1.807, 2.05) is 19.1 Å². The average molecular weight is 310 g/mol. The van der Waals surface area contributed by atoms with Crippen molar-refractivity contribution in [1.82, 2.24) is 0 Å². The first-order valence-corrected chi connectivity index (χ1v) is 7.56. The Morgan fingerprint density at radius 1 is 1.17 bits per heavy atom. The summed E-state index contributed by atoms with van der Waals surface area (Å²) in [5, 5.41) is 12.6. The fraction of sp³-hybridized carbons (Fsp3) is 0.222. The molecule has 2 amide bonds. The first kappa shape index (κ1) is 15.1. The van der Waals surface area contributed by atoms with Crippen molar-refractivity contribution >= 4 is 23.2 Å². The van der Waals surface area contributed by atoms with Crippen molar-refractivity contribution in [2.75, 3.05) is 16.8 Å². The van der Waals surface area contributed by atoms with Gasteiger partial charge in [0, 0.05) is 24.3 Å². The molecule has 1 saturated heterocycles. The van der Waals surface area contributed by atoms with Gasteiger partial charge in [-0.05, 0) is 55.3 Å². The van der Waals surface area contributed by atoms with Crippen molar-refractivity contribution in [3.63, 3.8) is 0 Å². The van der Waals surface area contributed by atoms with Gasteiger partial charge in [0.25, 0.3) is 5.91 Å². The number of carbonyl (C=O) groups is 2. The number of anilines is 2. The number of carbonyl (C=O) groups excluding carboxylic acids is 2. The first-order chi connectivity index (χ1) is 11.0. The lowest BCUT2D eigenvalue weighted by molar-refractivity contribution is -0.117. The number of aryl methyl sites for hydroxylation is 1. The Balaban J connectivity index is 1.73. The van der Waals surface area contributed by atoms with E-state index in [1.54, 1.807) is 35.2 Å². The van der Waals surface area contributed by atoms with Crippen LogP contribution < -0.4 is 10.2 Å². The average Bonchev–Trinajstić information content (AvgIpc) is 2.94. The van der Waals surface area contributed by atoms with Gasteiger partial charge in [-0.1, -0.05) is 6.07 Å². The highest BCUT2D eigenvalue weighted by atomic mass is 16.3. The Labute approximate surface area is 134 Å². The highest BCUT2D eigenvalue weighted by molar-refractivity contribution is 6.06. The van der Waals surface area contributed by atoms with E-state index in [-0.39, 0.29) is 23.1 Å². The van der Waals surface area contributed by atoms with Gasteiger partial charge >= 0.3 is 0 Å². The lowest BCUT2D eigenvalue weighted by Gasteiger charge is -2.16. The molecule has 23 heavy (non-hydrogen) atoms. The topological polar surface area (TPSA) is 69.6 Å². The van der Waals surface area contributed by atoms with E-state index in [2.05, 4.69) is 5.32 Å². The van der Waals surface area contributed by atoms with Crippen LogP contribution in [-0.2, 0) is 4.79 Å². The van der Waals surface area contributed by atoms with Crippen molar-refractivity contribution in [3.8, 4) is 5.75 Å². The van der Waals surface area contributed by atoms with Crippen LogP contribution in [0, 0.1) is 6.92 Å². The molecule has 2 N–H and O–H groups in total. The Morgan fingerprint density at radius 2 is 1.91 bits per heavy atom. The summed E-state index contributed by atoms with van der Waals surface area (Å²) < 4.78 is 0. The molecule has 0 atom stereocenters. The van der Waals surface area contributed by atoms with Gasteiger partial charge in [0.05, 0.1) is 5.56 Å². The molecular formula is C18H18N2O3. The number of hydrogen-bond acceptors (Lipinski definition) is 3. The van der Waals surface area contributed by atoms with E-state index in [4.69, 9.17) is 0 Å². The lowest BCUT2D eigenvalue weighted by atomic mass is 10.1. The minimum Gasteiger partial charge on any atom is -0.507 e. The highest BCUT2D eigenvalue weighted by Gasteiger charge is 2.21. The standard InChI is InChI=1S/C18H18N2O3/c1-12-4-9-15(16(21)11-12)18(23)19-13-5-7-14(8-6-13)20-10-2-3-17(20)22/h4-9,11,21H,2-3,10H2,1H3,(H,19,23). The van der Waals surface area contributed by atoms with Crippen LogP contribution in [0.4, 0.5) is 11.4 Å². The van der Waals surface area contributed by atoms with E-state index < -0.39 is 0 Å². The third-order valence-electron chi connectivity index (χ3n) is 3.91. The molecule has 0 aliphatic carbocycles. The summed E-state index contributed by atoms with van der Waals surface area (Å²) in [5.74, 6) is -0.277. The van der Waals surface area contributed by atoms with Crippen LogP contribution in [0.5, 0.6) is 5.75 Å². The second-order valence-electron chi connectivity index (χ2n) is 5.67. The van der Waals surface area contributed by atoms with Crippen molar-refractivity contribution < 1.29 is 14.7 Å². The zero-order valence-corrected chi connectivity index (χ0v) is 12.9. The predicted molar refractivity (Wildman–Crippen MR) is 88.8 cm³/mol. The molecule has 2 aromatic rings. The molecule has 1 aliphatic rings. The molecule has 1 fully saturated rings. The molecule has 0 radical (unpaired) electrons. The fourth-order valence-corrected chi connectivity index (χ4v) is 2.68. The number of nitrogens with zero attached hydrogens (tertiary/aromatic N) is 1. The van der Waals surface area contributed by atoms with Gasteiger partial charge in [0.1, 0.15) is 5.75 Å². The fourth-order valence-electron chi connectivity index (χ4n) is 2.68. The summed E-state index contributed by atoms with van der Waals surface area (Å²) in [6.45, 7) is 2.58. The van der Waals surface area contributed by atoms with E-state index in [0.717, 1.165) is 24.2 Å². The first-order valence-electron chi connectivity index (χ1n) is 7.56. The van der Waals surface area contributed by atoms with Crippen LogP contribution in [0.3, 0.4) is 0 Å². The number of rotatable bonds is 3. The molecule has 3 rings (SSSR count). The second-order valence-corrected chi connectivity index (χ2v) is 5.67. The molecule has 0 bridgehead atoms. The number of phenols is 1. The van der Waals surface area contributed by atoms with E-state index in [1.165, 1.54) is 0 Å². The van der Waals surface area contributed by atoms with Gasteiger partial charge in [-0.2, -0.15) is 0 Å². The molecule has 0 unspecified atom stereocenters. The molecule has 0 saturated carbocycles. The highest BCUT2D eigenvalue weighted by Crippen LogP contribution is 2.24. The van der Waals surface area contributed by atoms with Crippen molar-refractivity contribution in [2.45, 2.75) is 19.8 Å². The minimum atomic E-state index is -0.368. The van der Waals surface area contributed by atoms with E-state index >= 15 is 0 Å². The molecule has 1 heterocycles. The predicted octanol–water partition coefficient (Wildman–Crippen LogP) is 3.08. The number of aromatic hydroxyl groups is 1. The van der Waals surface area contributed by atoms with Gasteiger partial charge in [-0.3, -0.25) is 9.59 Å². The number of hydrogen-bond donors (Lipinski definition) is 2. The SMILES string of the molecule is Cc1ccc(C(=O)Nc2ccc(N3CCCC3=O)cc2)c(O)c1. The van der Waals surface area contributed by atoms with E-state index in [0.29, 0.717) is 12.1 Å². The Bertz CT molecular complexity index is 753. The van der Waals surface area contributed by atoms with Crippen molar-refractivity contribution in [2.24, 2.45) is 0 Å². The molecule has 0 spiro atoms. The minimum absolute atomic E-state index is 0.0400. The van der Waals surface area contributed by atoms with Crippen LogP contribution in [0.2, 0.25) is 0 Å². The number of amides is 2. The summed E-state index contributed by atoms with van der Waals surface area (Å²) in [4.78, 5) is 25.7. The third kappa shape index (κ3) is 3.18. The Kier molecular flexibility index (Phi) is 4.02. The van der Waals surface area contributed by atoms with Crippen LogP contribution in [0.1, 0.15) is 28.8 Å². The normalized spacial score (nSPS) is 14.1. The number of nitrogens with one attached hydrogen (secondary N) is 1. The number of phenolic OH excluding ortho intramolecular Hbond substituents is 1. The Morgan fingerprint density at radius 3 is 2.52 bits per heavy atom. The molecule has 5 nitrogen and oxygen atoms in total. The summed E-state index contributed by atoms with van der Waals surface area (Å²) in [5.41, 5.74) is 2.57. The largest absolute Gasteiger partial charge is 0.507 e. The summed E-state index contributed by atoms with van der Waals surface area (Å²) in [7, 11) is 0. The van der Waals surface area contributed by atoms with Crippen molar-refractivity contribution in [1.29, 1.82) is 0 Å². The third-order valence-corrected chi connectivity index (χ3v) is 3.91. The van der Waals surface area contributed by atoms with Crippen LogP contribution >= 0.6 is 0 Å². The van der Waals surface area contributed by atoms with Crippen LogP contribution in [0.15, 0.2) is 42.5 Å². The van der Waals surface area contributed by atoms with Crippen molar-refractivity contribution in [3.05, 3.63) is 53.6 Å². The molecule has 1 aliphatic heterocycles. The smallest absolute Gasteiger partial charge is 0.259 e. The number of benzene rings is 2. The zero-order chi connectivity index (χ0) is 16.4. The van der Waals surface area contributed by atoms with Crippen LogP contribution in [0.25, 0.3) is 0 Å². The van der Waals surface area contributed by atoms with Gasteiger partial charge in [0.2, 0.25) is 5.91 Å². The monoisotopic (exact) mass is 310 g/mol. The zero-order valence-electron chi connectivity index (χ0n) is 12.9.